The van der Waals surface area contributed by atoms with E-state index in [0.717, 1.165) is 12.1 Å². The van der Waals surface area contributed by atoms with E-state index in [9.17, 15) is 23.6 Å². The number of rotatable bonds is 6. The number of methoxy groups -OCH3 is 1. The molecule has 0 bridgehead atoms. The molecule has 0 fully saturated rings. The number of nitrogens with zero attached hydrogens (tertiary/aromatic N) is 1. The lowest BCUT2D eigenvalue weighted by molar-refractivity contribution is -0.121. The summed E-state index contributed by atoms with van der Waals surface area (Å²) in [5.74, 6) is -1.72. The highest BCUT2D eigenvalue weighted by Crippen LogP contribution is 2.24. The van der Waals surface area contributed by atoms with Gasteiger partial charge in [0.05, 0.1) is 13.2 Å². The minimum absolute atomic E-state index is 0.0754. The van der Waals surface area contributed by atoms with Gasteiger partial charge in [-0.05, 0) is 37.1 Å². The van der Waals surface area contributed by atoms with Gasteiger partial charge in [0.15, 0.2) is 0 Å². The molecular formula is C22H18F2N2O4. The Kier molecular flexibility index (Phi) is 6.11. The van der Waals surface area contributed by atoms with Crippen LogP contribution >= 0.6 is 0 Å². The highest BCUT2D eigenvalue weighted by atomic mass is 19.1. The summed E-state index contributed by atoms with van der Waals surface area (Å²) in [5, 5.41) is 12.4. The average molecular weight is 412 g/mol. The molecule has 30 heavy (non-hydrogen) atoms. The largest absolute Gasteiger partial charge is 0.497 e. The van der Waals surface area contributed by atoms with Gasteiger partial charge in [-0.2, -0.15) is 5.26 Å². The van der Waals surface area contributed by atoms with Crippen molar-refractivity contribution in [1.82, 2.24) is 5.32 Å². The van der Waals surface area contributed by atoms with E-state index < -0.39 is 29.2 Å². The second-order valence-corrected chi connectivity index (χ2v) is 6.65. The number of halogens is 2. The molecule has 6 nitrogen and oxygen atoms in total. The quantitative estimate of drug-likeness (QED) is 0.623. The van der Waals surface area contributed by atoms with Crippen molar-refractivity contribution in [3.63, 3.8) is 0 Å². The van der Waals surface area contributed by atoms with Crippen LogP contribution in [-0.4, -0.2) is 13.0 Å². The summed E-state index contributed by atoms with van der Waals surface area (Å²) in [6, 6.07) is 8.36. The molecule has 3 rings (SSSR count). The zero-order valence-electron chi connectivity index (χ0n) is 16.3. The zero-order valence-corrected chi connectivity index (χ0v) is 16.3. The summed E-state index contributed by atoms with van der Waals surface area (Å²) in [5.41, 5.74) is 0.689. The van der Waals surface area contributed by atoms with Gasteiger partial charge in [-0.3, -0.25) is 4.79 Å². The monoisotopic (exact) mass is 412 g/mol. The summed E-state index contributed by atoms with van der Waals surface area (Å²) in [4.78, 5) is 24.7. The summed E-state index contributed by atoms with van der Waals surface area (Å²) in [6.07, 6.45) is -0.0414. The van der Waals surface area contributed by atoms with Crippen molar-refractivity contribution in [3.8, 4) is 11.8 Å². The van der Waals surface area contributed by atoms with Crippen molar-refractivity contribution >= 4 is 16.9 Å². The number of carbonyl (C=O) groups is 1. The number of amides is 1. The van der Waals surface area contributed by atoms with E-state index in [1.165, 1.54) is 7.11 Å². The molecule has 1 atom stereocenters. The molecule has 3 aromatic rings. The van der Waals surface area contributed by atoms with E-state index in [2.05, 4.69) is 5.32 Å². The average Bonchev–Trinajstić information content (AvgIpc) is 2.71. The van der Waals surface area contributed by atoms with Crippen LogP contribution in [0.3, 0.4) is 0 Å². The van der Waals surface area contributed by atoms with Crippen LogP contribution < -0.4 is 15.7 Å². The molecule has 1 N–H and O–H groups in total. The van der Waals surface area contributed by atoms with E-state index in [1.807, 2.05) is 0 Å². The first-order valence-electron chi connectivity index (χ1n) is 9.08. The molecule has 0 spiro atoms. The number of nitriles is 1. The molecule has 1 unspecified atom stereocenters. The molecule has 2 aromatic carbocycles. The van der Waals surface area contributed by atoms with Gasteiger partial charge in [0.1, 0.15) is 29.0 Å². The van der Waals surface area contributed by atoms with Gasteiger partial charge in [-0.25, -0.2) is 13.6 Å². The fourth-order valence-corrected chi connectivity index (χ4v) is 3.18. The van der Waals surface area contributed by atoms with E-state index in [4.69, 9.17) is 9.15 Å². The Balaban J connectivity index is 1.76. The molecule has 0 saturated carbocycles. The second kappa shape index (κ2) is 8.74. The van der Waals surface area contributed by atoms with Crippen LogP contribution in [0.4, 0.5) is 8.78 Å². The van der Waals surface area contributed by atoms with Crippen LogP contribution in [0.15, 0.2) is 45.6 Å². The Hall–Kier alpha value is -3.73. The lowest BCUT2D eigenvalue weighted by atomic mass is 10.0. The van der Waals surface area contributed by atoms with E-state index in [-0.39, 0.29) is 18.4 Å². The Labute approximate surface area is 170 Å². The number of hydrogen-bond acceptors (Lipinski definition) is 5. The van der Waals surface area contributed by atoms with Gasteiger partial charge in [-0.15, -0.1) is 0 Å². The Morgan fingerprint density at radius 2 is 2.03 bits per heavy atom. The molecule has 0 radical (unpaired) electrons. The van der Waals surface area contributed by atoms with Crippen LogP contribution in [0.25, 0.3) is 11.0 Å². The number of hydrogen-bond donors (Lipinski definition) is 1. The Bertz CT molecular complexity index is 1210. The maximum Gasteiger partial charge on any atom is 0.339 e. The van der Waals surface area contributed by atoms with Crippen molar-refractivity contribution in [2.45, 2.75) is 25.8 Å². The van der Waals surface area contributed by atoms with Gasteiger partial charge < -0.3 is 14.5 Å². The summed E-state index contributed by atoms with van der Waals surface area (Å²) < 4.78 is 37.4. The lowest BCUT2D eigenvalue weighted by Gasteiger charge is -2.13. The van der Waals surface area contributed by atoms with Gasteiger partial charge in [0.25, 0.3) is 0 Å². The highest BCUT2D eigenvalue weighted by molar-refractivity contribution is 5.83. The topological polar surface area (TPSA) is 92.3 Å². The van der Waals surface area contributed by atoms with Crippen molar-refractivity contribution in [1.29, 1.82) is 5.26 Å². The molecule has 0 aliphatic rings. The van der Waals surface area contributed by atoms with Crippen LogP contribution in [0, 0.1) is 29.9 Å². The zero-order chi connectivity index (χ0) is 21.8. The lowest BCUT2D eigenvalue weighted by Crippen LogP contribution is -2.29. The van der Waals surface area contributed by atoms with Gasteiger partial charge in [-0.1, -0.05) is 6.07 Å². The van der Waals surface area contributed by atoms with E-state index >= 15 is 0 Å². The molecule has 0 aliphatic heterocycles. The van der Waals surface area contributed by atoms with Crippen molar-refractivity contribution < 1.29 is 22.7 Å². The molecule has 1 aromatic heterocycles. The van der Waals surface area contributed by atoms with Gasteiger partial charge in [0.2, 0.25) is 5.91 Å². The summed E-state index contributed by atoms with van der Waals surface area (Å²) in [7, 11) is 1.51. The molecule has 1 heterocycles. The van der Waals surface area contributed by atoms with E-state index in [1.54, 1.807) is 31.2 Å². The van der Waals surface area contributed by atoms with Crippen molar-refractivity contribution in [2.75, 3.05) is 7.11 Å². The van der Waals surface area contributed by atoms with Crippen LogP contribution in [0.2, 0.25) is 0 Å². The number of fused-ring (bicyclic) bond motifs is 1. The SMILES string of the molecule is COc1ccc2c(C)c(CCC(=O)NC(C#N)c3ccc(F)cc3F)c(=O)oc2c1. The molecule has 8 heteroatoms. The second-order valence-electron chi connectivity index (χ2n) is 6.65. The van der Waals surface area contributed by atoms with E-state index in [0.29, 0.717) is 33.9 Å². The van der Waals surface area contributed by atoms with Crippen LogP contribution in [0.1, 0.15) is 29.2 Å². The minimum atomic E-state index is -1.28. The predicted octanol–water partition coefficient (Wildman–Crippen LogP) is 3.70. The van der Waals surface area contributed by atoms with Gasteiger partial charge >= 0.3 is 5.63 Å². The first-order valence-corrected chi connectivity index (χ1v) is 9.08. The normalized spacial score (nSPS) is 11.7. The first-order chi connectivity index (χ1) is 14.3. The van der Waals surface area contributed by atoms with Crippen molar-refractivity contribution in [2.24, 2.45) is 0 Å². The standard InChI is InChI=1S/C22H18F2N2O4/c1-12-15-6-4-14(29-2)10-20(15)30-22(28)16(12)7-8-21(27)26-19(11-25)17-5-3-13(23)9-18(17)24/h3-6,9-10,19H,7-8H2,1-2H3,(H,26,27). The summed E-state index contributed by atoms with van der Waals surface area (Å²) >= 11 is 0. The number of carbonyl (C=O) groups excluding carboxylic acids is 1. The Morgan fingerprint density at radius 1 is 1.27 bits per heavy atom. The molecule has 154 valence electrons. The fourth-order valence-electron chi connectivity index (χ4n) is 3.18. The number of aryl methyl sites for hydroxylation is 1. The van der Waals surface area contributed by atoms with Crippen LogP contribution in [0.5, 0.6) is 5.75 Å². The van der Waals surface area contributed by atoms with Crippen molar-refractivity contribution in [3.05, 3.63) is 75.1 Å². The van der Waals surface area contributed by atoms with Gasteiger partial charge in [0, 0.05) is 35.1 Å². The third-order valence-corrected chi connectivity index (χ3v) is 4.80. The number of benzene rings is 2. The summed E-state index contributed by atoms with van der Waals surface area (Å²) in [6.45, 7) is 1.75. The maximum atomic E-state index is 13.9. The molecule has 1 amide bonds. The minimum Gasteiger partial charge on any atom is -0.497 e. The third kappa shape index (κ3) is 4.30. The molecule has 0 saturated heterocycles. The smallest absolute Gasteiger partial charge is 0.339 e. The number of nitrogens with one attached hydrogen (secondary N) is 1. The maximum absolute atomic E-state index is 13.9. The van der Waals surface area contributed by atoms with Crippen LogP contribution in [-0.2, 0) is 11.2 Å². The molecular weight excluding hydrogens is 394 g/mol. The highest BCUT2D eigenvalue weighted by Gasteiger charge is 2.19. The third-order valence-electron chi connectivity index (χ3n) is 4.80. The number of ether oxygens (including phenoxy) is 1. The fraction of sp³-hybridized carbons (Fsp3) is 0.227. The predicted molar refractivity (Wildman–Crippen MR) is 105 cm³/mol. The molecule has 0 aliphatic carbocycles. The Morgan fingerprint density at radius 3 is 2.70 bits per heavy atom. The first kappa shape index (κ1) is 21.0.